The second-order valence-corrected chi connectivity index (χ2v) is 12.6. The zero-order chi connectivity index (χ0) is 18.2. The van der Waals surface area contributed by atoms with E-state index in [0.717, 1.165) is 23.2 Å². The Morgan fingerprint density at radius 2 is 1.30 bits per heavy atom. The predicted molar refractivity (Wildman–Crippen MR) is 120 cm³/mol. The molecular weight excluding hydrogens is 343 g/mol. The molecule has 2 bridgehead atoms. The molecule has 146 valence electrons. The van der Waals surface area contributed by atoms with Gasteiger partial charge in [-0.25, -0.2) is 0 Å². The van der Waals surface area contributed by atoms with Gasteiger partial charge >= 0.3 is 0 Å². The van der Waals surface area contributed by atoms with Crippen molar-refractivity contribution >= 4 is 13.5 Å². The van der Waals surface area contributed by atoms with Gasteiger partial charge in [0.1, 0.15) is 0 Å². The van der Waals surface area contributed by atoms with Crippen LogP contribution in [0.1, 0.15) is 94.6 Å². The summed E-state index contributed by atoms with van der Waals surface area (Å²) in [6.07, 6.45) is 19.7. The van der Waals surface area contributed by atoms with Crippen LogP contribution in [0.15, 0.2) is 29.6 Å². The summed E-state index contributed by atoms with van der Waals surface area (Å²) in [6.45, 7) is 2.36. The molecule has 1 heteroatoms. The Bertz CT molecular complexity index is 672. The Morgan fingerprint density at radius 1 is 0.704 bits per heavy atom. The number of benzene rings is 1. The van der Waals surface area contributed by atoms with Crippen molar-refractivity contribution in [2.45, 2.75) is 102 Å². The first-order valence-corrected chi connectivity index (χ1v) is 13.4. The SMILES string of the molecule is Cc1ccccc1C1=C(P(C2CCCCC2)C2CCCCC2)C2CCC1C2. The van der Waals surface area contributed by atoms with Gasteiger partial charge in [0, 0.05) is 0 Å². The molecule has 2 unspecified atom stereocenters. The lowest BCUT2D eigenvalue weighted by atomic mass is 9.89. The highest BCUT2D eigenvalue weighted by Gasteiger charge is 2.46. The molecule has 1 aromatic carbocycles. The van der Waals surface area contributed by atoms with E-state index < -0.39 is 0 Å². The predicted octanol–water partition coefficient (Wildman–Crippen LogP) is 8.28. The van der Waals surface area contributed by atoms with E-state index in [2.05, 4.69) is 36.5 Å². The fraction of sp³-hybridized carbons (Fsp3) is 0.692. The third-order valence-corrected chi connectivity index (χ3v) is 11.9. The molecular formula is C26H37P. The van der Waals surface area contributed by atoms with Gasteiger partial charge < -0.3 is 0 Å². The summed E-state index contributed by atoms with van der Waals surface area (Å²) in [6, 6.07) is 9.34. The van der Waals surface area contributed by atoms with Crippen LogP contribution in [0.4, 0.5) is 0 Å². The number of allylic oxidation sites excluding steroid dienone is 2. The third-order valence-electron chi connectivity index (χ3n) is 8.15. The van der Waals surface area contributed by atoms with Crippen LogP contribution in [0, 0.1) is 18.8 Å². The van der Waals surface area contributed by atoms with Gasteiger partial charge in [0.2, 0.25) is 0 Å². The molecule has 0 amide bonds. The molecule has 4 aliphatic carbocycles. The van der Waals surface area contributed by atoms with Crippen LogP contribution < -0.4 is 0 Å². The third kappa shape index (κ3) is 3.46. The van der Waals surface area contributed by atoms with E-state index in [4.69, 9.17) is 0 Å². The van der Waals surface area contributed by atoms with Gasteiger partial charge in [-0.3, -0.25) is 0 Å². The van der Waals surface area contributed by atoms with Gasteiger partial charge in [-0.2, -0.15) is 0 Å². The van der Waals surface area contributed by atoms with Crippen molar-refractivity contribution in [3.8, 4) is 0 Å². The van der Waals surface area contributed by atoms with Crippen molar-refractivity contribution in [2.75, 3.05) is 0 Å². The van der Waals surface area contributed by atoms with Gasteiger partial charge in [0.05, 0.1) is 0 Å². The van der Waals surface area contributed by atoms with Crippen LogP contribution >= 0.6 is 7.92 Å². The zero-order valence-electron chi connectivity index (χ0n) is 17.3. The Hall–Kier alpha value is -0.610. The standard InChI is InChI=1S/C26H37P/c1-19-10-8-9-15-24(19)25-20-16-17-21(18-20)26(25)27(22-11-4-2-5-12-22)23-13-6-3-7-14-23/h8-10,15,20-23H,2-7,11-14,16-18H2,1H3. The van der Waals surface area contributed by atoms with Crippen LogP contribution in [-0.2, 0) is 0 Å². The molecule has 5 rings (SSSR count). The molecule has 0 heterocycles. The highest BCUT2D eigenvalue weighted by Crippen LogP contribution is 2.70. The van der Waals surface area contributed by atoms with Gasteiger partial charge in [0.15, 0.2) is 0 Å². The minimum absolute atomic E-state index is 0.0915. The lowest BCUT2D eigenvalue weighted by Crippen LogP contribution is -2.23. The van der Waals surface area contributed by atoms with E-state index >= 15 is 0 Å². The molecule has 3 fully saturated rings. The quantitative estimate of drug-likeness (QED) is 0.461. The molecule has 0 nitrogen and oxygen atoms in total. The first kappa shape index (κ1) is 18.4. The second kappa shape index (κ2) is 8.02. The van der Waals surface area contributed by atoms with Gasteiger partial charge in [-0.15, -0.1) is 0 Å². The van der Waals surface area contributed by atoms with Crippen LogP contribution in [0.2, 0.25) is 0 Å². The Morgan fingerprint density at radius 3 is 1.93 bits per heavy atom. The smallest absolute Gasteiger partial charge is 0.0147 e. The van der Waals surface area contributed by atoms with Crippen molar-refractivity contribution in [1.29, 1.82) is 0 Å². The number of fused-ring (bicyclic) bond motifs is 2. The fourth-order valence-corrected chi connectivity index (χ4v) is 11.4. The Labute approximate surface area is 168 Å². The van der Waals surface area contributed by atoms with E-state index in [9.17, 15) is 0 Å². The van der Waals surface area contributed by atoms with Crippen molar-refractivity contribution in [3.63, 3.8) is 0 Å². The van der Waals surface area contributed by atoms with E-state index in [1.807, 2.05) is 5.57 Å². The summed E-state index contributed by atoms with van der Waals surface area (Å²) in [7, 11) is 0.0915. The average Bonchev–Trinajstić information content (AvgIpc) is 3.33. The van der Waals surface area contributed by atoms with E-state index in [1.165, 1.54) is 63.4 Å². The van der Waals surface area contributed by atoms with E-state index in [0.29, 0.717) is 0 Å². The molecule has 0 aromatic heterocycles. The van der Waals surface area contributed by atoms with Crippen LogP contribution in [0.25, 0.3) is 5.57 Å². The summed E-state index contributed by atoms with van der Waals surface area (Å²) < 4.78 is 0. The summed E-state index contributed by atoms with van der Waals surface area (Å²) in [5.74, 6) is 1.85. The molecule has 0 N–H and O–H groups in total. The number of rotatable bonds is 4. The van der Waals surface area contributed by atoms with E-state index in [1.54, 1.807) is 31.2 Å². The first-order chi connectivity index (χ1) is 13.3. The van der Waals surface area contributed by atoms with Gasteiger partial charge in [0.25, 0.3) is 0 Å². The molecule has 3 saturated carbocycles. The number of hydrogen-bond acceptors (Lipinski definition) is 0. The molecule has 27 heavy (non-hydrogen) atoms. The van der Waals surface area contributed by atoms with Crippen LogP contribution in [-0.4, -0.2) is 11.3 Å². The average molecular weight is 381 g/mol. The topological polar surface area (TPSA) is 0 Å². The second-order valence-electron chi connectivity index (χ2n) is 9.81. The number of hydrogen-bond donors (Lipinski definition) is 0. The first-order valence-electron chi connectivity index (χ1n) is 11.9. The van der Waals surface area contributed by atoms with Crippen molar-refractivity contribution in [3.05, 3.63) is 40.7 Å². The van der Waals surface area contributed by atoms with Crippen molar-refractivity contribution in [1.82, 2.24) is 0 Å². The molecule has 0 spiro atoms. The highest BCUT2D eigenvalue weighted by molar-refractivity contribution is 7.63. The molecule has 2 atom stereocenters. The maximum absolute atomic E-state index is 2.46. The van der Waals surface area contributed by atoms with Crippen molar-refractivity contribution < 1.29 is 0 Å². The summed E-state index contributed by atoms with van der Waals surface area (Å²) in [5.41, 5.74) is 7.17. The molecule has 0 radical (unpaired) electrons. The minimum Gasteiger partial charge on any atom is -0.0728 e. The maximum atomic E-state index is 2.46. The highest BCUT2D eigenvalue weighted by atomic mass is 31.1. The maximum Gasteiger partial charge on any atom is -0.0147 e. The van der Waals surface area contributed by atoms with Crippen LogP contribution in [0.5, 0.6) is 0 Å². The largest absolute Gasteiger partial charge is 0.0728 e. The lowest BCUT2D eigenvalue weighted by Gasteiger charge is -2.42. The molecule has 0 saturated heterocycles. The molecule has 1 aromatic rings. The normalized spacial score (nSPS) is 29.9. The van der Waals surface area contributed by atoms with E-state index in [-0.39, 0.29) is 7.92 Å². The monoisotopic (exact) mass is 380 g/mol. The molecule has 4 aliphatic rings. The molecule has 0 aliphatic heterocycles. The van der Waals surface area contributed by atoms with Gasteiger partial charge in [-0.1, -0.05) is 70.7 Å². The minimum atomic E-state index is 0.0915. The van der Waals surface area contributed by atoms with Gasteiger partial charge in [-0.05, 0) is 97.0 Å². The lowest BCUT2D eigenvalue weighted by molar-refractivity contribution is 0.484. The Kier molecular flexibility index (Phi) is 5.47. The summed E-state index contributed by atoms with van der Waals surface area (Å²) in [5, 5.41) is 2.06. The number of aryl methyl sites for hydroxylation is 1. The summed E-state index contributed by atoms with van der Waals surface area (Å²) in [4.78, 5) is 0. The van der Waals surface area contributed by atoms with Crippen LogP contribution in [0.3, 0.4) is 0 Å². The fourth-order valence-electron chi connectivity index (χ4n) is 6.91. The zero-order valence-corrected chi connectivity index (χ0v) is 18.2. The van der Waals surface area contributed by atoms with Crippen molar-refractivity contribution in [2.24, 2.45) is 11.8 Å². The Balaban J connectivity index is 1.60. The summed E-state index contributed by atoms with van der Waals surface area (Å²) >= 11 is 0.